The fraction of sp³-hybridized carbons (Fsp3) is 0.529. The third-order valence-electron chi connectivity index (χ3n) is 3.41. The molecule has 0 saturated heterocycles. The second kappa shape index (κ2) is 6.74. The molecule has 0 spiro atoms. The predicted octanol–water partition coefficient (Wildman–Crippen LogP) is 3.28. The maximum atomic E-state index is 12.1. The summed E-state index contributed by atoms with van der Waals surface area (Å²) in [5.41, 5.74) is 2.77. The van der Waals surface area contributed by atoms with Gasteiger partial charge < -0.3 is 10.2 Å². The number of rotatable bonds is 4. The van der Waals surface area contributed by atoms with E-state index < -0.39 is 0 Å². The van der Waals surface area contributed by atoms with Crippen molar-refractivity contribution in [1.82, 2.24) is 4.90 Å². The van der Waals surface area contributed by atoms with Gasteiger partial charge in [-0.05, 0) is 46.2 Å². The van der Waals surface area contributed by atoms with Crippen molar-refractivity contribution in [2.24, 2.45) is 0 Å². The van der Waals surface area contributed by atoms with Crippen LogP contribution in [-0.4, -0.2) is 28.8 Å². The van der Waals surface area contributed by atoms with Gasteiger partial charge in [0.25, 0.3) is 0 Å². The summed E-state index contributed by atoms with van der Waals surface area (Å²) in [6.07, 6.45) is 0.296. The Morgan fingerprint density at radius 1 is 1.19 bits per heavy atom. The normalized spacial score (nSPS) is 11.1. The van der Waals surface area contributed by atoms with Gasteiger partial charge in [0.1, 0.15) is 0 Å². The van der Waals surface area contributed by atoms with Gasteiger partial charge in [-0.3, -0.25) is 9.59 Å². The molecular weight excluding hydrogens is 264 g/mol. The summed E-state index contributed by atoms with van der Waals surface area (Å²) in [5, 5.41) is 2.91. The minimum atomic E-state index is -0.272. The fourth-order valence-corrected chi connectivity index (χ4v) is 2.35. The van der Waals surface area contributed by atoms with Gasteiger partial charge >= 0.3 is 0 Å². The topological polar surface area (TPSA) is 49.4 Å². The van der Waals surface area contributed by atoms with Crippen LogP contribution in [0.3, 0.4) is 0 Å². The molecule has 1 rings (SSSR count). The first-order valence-electron chi connectivity index (χ1n) is 7.26. The lowest BCUT2D eigenvalue weighted by Crippen LogP contribution is -2.45. The van der Waals surface area contributed by atoms with E-state index in [0.717, 1.165) is 11.3 Å². The van der Waals surface area contributed by atoms with Crippen molar-refractivity contribution in [3.8, 4) is 0 Å². The number of carbonyl (C=O) groups is 2. The Bertz CT molecular complexity index is 530. The van der Waals surface area contributed by atoms with Crippen LogP contribution in [0, 0.1) is 13.8 Å². The van der Waals surface area contributed by atoms with Gasteiger partial charge in [0.2, 0.25) is 11.8 Å². The summed E-state index contributed by atoms with van der Waals surface area (Å²) >= 11 is 0. The average molecular weight is 290 g/mol. The fourth-order valence-electron chi connectivity index (χ4n) is 2.35. The Hall–Kier alpha value is -1.84. The van der Waals surface area contributed by atoms with E-state index in [9.17, 15) is 9.59 Å². The number of nitrogens with one attached hydrogen (secondary N) is 1. The van der Waals surface area contributed by atoms with E-state index in [2.05, 4.69) is 5.32 Å². The van der Waals surface area contributed by atoms with Crippen LogP contribution in [0.2, 0.25) is 0 Å². The van der Waals surface area contributed by atoms with Crippen LogP contribution in [0.5, 0.6) is 0 Å². The molecule has 0 fully saturated rings. The standard InChI is InChI=1S/C17H26N2O2/c1-12-7-8-15(13(2)11-12)18-16(21)9-10-19(14(3)20)17(4,5)6/h7-8,11H,9-10H2,1-6H3,(H,18,21). The molecular formula is C17H26N2O2. The molecule has 21 heavy (non-hydrogen) atoms. The molecule has 4 nitrogen and oxygen atoms in total. The summed E-state index contributed by atoms with van der Waals surface area (Å²) < 4.78 is 0. The van der Waals surface area contributed by atoms with Gasteiger partial charge in [0, 0.05) is 31.1 Å². The number of anilines is 1. The van der Waals surface area contributed by atoms with Crippen molar-refractivity contribution in [3.05, 3.63) is 29.3 Å². The number of hydrogen-bond acceptors (Lipinski definition) is 2. The third kappa shape index (κ3) is 5.21. The summed E-state index contributed by atoms with van der Waals surface area (Å²) in [7, 11) is 0. The lowest BCUT2D eigenvalue weighted by Gasteiger charge is -2.34. The highest BCUT2D eigenvalue weighted by Crippen LogP contribution is 2.17. The maximum Gasteiger partial charge on any atom is 0.226 e. The third-order valence-corrected chi connectivity index (χ3v) is 3.41. The number of nitrogens with zero attached hydrogens (tertiary/aromatic N) is 1. The van der Waals surface area contributed by atoms with Crippen molar-refractivity contribution < 1.29 is 9.59 Å². The van der Waals surface area contributed by atoms with E-state index in [1.54, 1.807) is 4.90 Å². The van der Waals surface area contributed by atoms with E-state index in [4.69, 9.17) is 0 Å². The van der Waals surface area contributed by atoms with E-state index >= 15 is 0 Å². The zero-order valence-electron chi connectivity index (χ0n) is 13.9. The molecule has 1 N–H and O–H groups in total. The molecule has 0 aliphatic heterocycles. The Kier molecular flexibility index (Phi) is 5.53. The summed E-state index contributed by atoms with van der Waals surface area (Å²) in [4.78, 5) is 25.4. The molecule has 1 aromatic carbocycles. The first kappa shape index (κ1) is 17.2. The van der Waals surface area contributed by atoms with Crippen LogP contribution < -0.4 is 5.32 Å². The first-order chi connectivity index (χ1) is 9.61. The molecule has 4 heteroatoms. The summed E-state index contributed by atoms with van der Waals surface area (Å²) in [5.74, 6) is -0.0840. The molecule has 0 aromatic heterocycles. The van der Waals surface area contributed by atoms with Crippen molar-refractivity contribution in [2.75, 3.05) is 11.9 Å². The van der Waals surface area contributed by atoms with Crippen LogP contribution >= 0.6 is 0 Å². The number of hydrogen-bond donors (Lipinski definition) is 1. The van der Waals surface area contributed by atoms with Gasteiger partial charge in [0.05, 0.1) is 0 Å². The van der Waals surface area contributed by atoms with Crippen LogP contribution in [-0.2, 0) is 9.59 Å². The van der Waals surface area contributed by atoms with Gasteiger partial charge in [-0.1, -0.05) is 17.7 Å². The molecule has 0 bridgehead atoms. The second-order valence-corrected chi connectivity index (χ2v) is 6.46. The highest BCUT2D eigenvalue weighted by Gasteiger charge is 2.24. The molecule has 0 atom stereocenters. The Balaban J connectivity index is 2.63. The summed E-state index contributed by atoms with van der Waals surface area (Å²) in [6.45, 7) is 11.9. The smallest absolute Gasteiger partial charge is 0.226 e. The number of aryl methyl sites for hydroxylation is 2. The van der Waals surface area contributed by atoms with E-state index in [-0.39, 0.29) is 17.4 Å². The van der Waals surface area contributed by atoms with E-state index in [1.165, 1.54) is 12.5 Å². The minimum absolute atomic E-state index is 0.0122. The lowest BCUT2D eigenvalue weighted by molar-refractivity contribution is -0.134. The zero-order chi connectivity index (χ0) is 16.2. The van der Waals surface area contributed by atoms with Crippen LogP contribution in [0.4, 0.5) is 5.69 Å². The lowest BCUT2D eigenvalue weighted by atomic mass is 10.1. The number of benzene rings is 1. The SMILES string of the molecule is CC(=O)N(CCC(=O)Nc1ccc(C)cc1C)C(C)(C)C. The van der Waals surface area contributed by atoms with Crippen LogP contribution in [0.1, 0.15) is 45.2 Å². The predicted molar refractivity (Wildman–Crippen MR) is 86.3 cm³/mol. The minimum Gasteiger partial charge on any atom is -0.338 e. The number of amides is 2. The molecule has 0 radical (unpaired) electrons. The molecule has 116 valence electrons. The first-order valence-corrected chi connectivity index (χ1v) is 7.26. The quantitative estimate of drug-likeness (QED) is 0.925. The molecule has 1 aromatic rings. The van der Waals surface area contributed by atoms with Gasteiger partial charge in [-0.15, -0.1) is 0 Å². The van der Waals surface area contributed by atoms with Gasteiger partial charge in [-0.25, -0.2) is 0 Å². The zero-order valence-corrected chi connectivity index (χ0v) is 13.9. The van der Waals surface area contributed by atoms with Crippen molar-refractivity contribution in [3.63, 3.8) is 0 Å². The van der Waals surface area contributed by atoms with Crippen molar-refractivity contribution >= 4 is 17.5 Å². The molecule has 0 aliphatic rings. The second-order valence-electron chi connectivity index (χ2n) is 6.46. The summed E-state index contributed by atoms with van der Waals surface area (Å²) in [6, 6.07) is 5.92. The van der Waals surface area contributed by atoms with E-state index in [0.29, 0.717) is 13.0 Å². The molecule has 0 unspecified atom stereocenters. The molecule has 0 heterocycles. The van der Waals surface area contributed by atoms with Crippen molar-refractivity contribution in [2.45, 2.75) is 53.5 Å². The van der Waals surface area contributed by atoms with Crippen LogP contribution in [0.25, 0.3) is 0 Å². The largest absolute Gasteiger partial charge is 0.338 e. The Morgan fingerprint density at radius 2 is 1.81 bits per heavy atom. The number of carbonyl (C=O) groups excluding carboxylic acids is 2. The Labute approximate surface area is 127 Å². The average Bonchev–Trinajstić information content (AvgIpc) is 2.30. The molecule has 0 aliphatic carbocycles. The maximum absolute atomic E-state index is 12.1. The molecule has 2 amide bonds. The van der Waals surface area contributed by atoms with Crippen LogP contribution in [0.15, 0.2) is 18.2 Å². The molecule has 0 saturated carbocycles. The monoisotopic (exact) mass is 290 g/mol. The van der Waals surface area contributed by atoms with Gasteiger partial charge in [0.15, 0.2) is 0 Å². The highest BCUT2D eigenvalue weighted by molar-refractivity contribution is 5.91. The van der Waals surface area contributed by atoms with Gasteiger partial charge in [-0.2, -0.15) is 0 Å². The van der Waals surface area contributed by atoms with Crippen molar-refractivity contribution in [1.29, 1.82) is 0 Å². The van der Waals surface area contributed by atoms with E-state index in [1.807, 2.05) is 52.8 Å². The highest BCUT2D eigenvalue weighted by atomic mass is 16.2. The Morgan fingerprint density at radius 3 is 2.29 bits per heavy atom.